The highest BCUT2D eigenvalue weighted by Gasteiger charge is 2.27. The first-order chi connectivity index (χ1) is 8.49. The zero-order chi connectivity index (χ0) is 13.3. The molecule has 7 heteroatoms. The van der Waals surface area contributed by atoms with Crippen molar-refractivity contribution < 1.29 is 9.72 Å². The van der Waals surface area contributed by atoms with Gasteiger partial charge in [-0.2, -0.15) is 0 Å². The van der Waals surface area contributed by atoms with E-state index in [9.17, 15) is 14.9 Å². The predicted octanol–water partition coefficient (Wildman–Crippen LogP) is 2.13. The molecule has 0 saturated heterocycles. The van der Waals surface area contributed by atoms with Crippen molar-refractivity contribution in [3.8, 4) is 0 Å². The number of pyridine rings is 1. The van der Waals surface area contributed by atoms with Crippen molar-refractivity contribution in [3.63, 3.8) is 0 Å². The average molecular weight is 270 g/mol. The van der Waals surface area contributed by atoms with Crippen LogP contribution in [0.25, 0.3) is 0 Å². The molecule has 1 aromatic heterocycles. The Morgan fingerprint density at radius 1 is 1.67 bits per heavy atom. The summed E-state index contributed by atoms with van der Waals surface area (Å²) in [5.74, 6) is 0.215. The smallest absolute Gasteiger partial charge is 0.288 e. The van der Waals surface area contributed by atoms with Gasteiger partial charge in [-0.1, -0.05) is 11.6 Å². The molecular formula is C11H12ClN3O3. The normalized spacial score (nSPS) is 14.3. The van der Waals surface area contributed by atoms with Crippen LogP contribution in [0.5, 0.6) is 0 Å². The molecule has 0 atom stereocenters. The van der Waals surface area contributed by atoms with Gasteiger partial charge in [-0.05, 0) is 18.8 Å². The number of hydrogen-bond acceptors (Lipinski definition) is 4. The molecule has 1 saturated carbocycles. The molecule has 1 fully saturated rings. The number of hydrogen-bond donors (Lipinski definition) is 0. The van der Waals surface area contributed by atoms with Crippen LogP contribution in [-0.2, 0) is 0 Å². The Labute approximate surface area is 109 Å². The SMILES string of the molecule is CN(CC1CC1)C(=O)c1cc([N+](=O)[O-])cnc1Cl. The summed E-state index contributed by atoms with van der Waals surface area (Å²) in [6.45, 7) is 0.651. The Kier molecular flexibility index (Phi) is 3.47. The van der Waals surface area contributed by atoms with Crippen molar-refractivity contribution in [3.05, 3.63) is 33.1 Å². The van der Waals surface area contributed by atoms with Crippen molar-refractivity contribution in [2.45, 2.75) is 12.8 Å². The van der Waals surface area contributed by atoms with Crippen LogP contribution in [0.2, 0.25) is 5.15 Å². The van der Waals surface area contributed by atoms with Crippen LogP contribution in [0.3, 0.4) is 0 Å². The van der Waals surface area contributed by atoms with Crippen LogP contribution in [0.4, 0.5) is 5.69 Å². The van der Waals surface area contributed by atoms with E-state index in [2.05, 4.69) is 4.98 Å². The number of nitrogens with zero attached hydrogens (tertiary/aromatic N) is 3. The minimum absolute atomic E-state index is 0.00625. The monoisotopic (exact) mass is 269 g/mol. The van der Waals surface area contributed by atoms with Gasteiger partial charge in [0.1, 0.15) is 11.3 Å². The Morgan fingerprint density at radius 3 is 2.89 bits per heavy atom. The van der Waals surface area contributed by atoms with Gasteiger partial charge in [-0.3, -0.25) is 14.9 Å². The quantitative estimate of drug-likeness (QED) is 0.477. The van der Waals surface area contributed by atoms with Gasteiger partial charge in [-0.25, -0.2) is 4.98 Å². The highest BCUT2D eigenvalue weighted by atomic mass is 35.5. The van der Waals surface area contributed by atoms with Crippen LogP contribution in [0.15, 0.2) is 12.3 Å². The van der Waals surface area contributed by atoms with E-state index in [1.54, 1.807) is 7.05 Å². The summed E-state index contributed by atoms with van der Waals surface area (Å²) in [6.07, 6.45) is 3.29. The Morgan fingerprint density at radius 2 is 2.33 bits per heavy atom. The van der Waals surface area contributed by atoms with Crippen LogP contribution >= 0.6 is 11.6 Å². The van der Waals surface area contributed by atoms with E-state index in [1.807, 2.05) is 0 Å². The lowest BCUT2D eigenvalue weighted by atomic mass is 10.2. The molecule has 0 N–H and O–H groups in total. The molecule has 0 aliphatic heterocycles. The lowest BCUT2D eigenvalue weighted by Crippen LogP contribution is -2.29. The van der Waals surface area contributed by atoms with Crippen molar-refractivity contribution in [1.29, 1.82) is 0 Å². The standard InChI is InChI=1S/C11H12ClN3O3/c1-14(6-7-2-3-7)11(16)9-4-8(15(17)18)5-13-10(9)12/h4-5,7H,2-3,6H2,1H3. The van der Waals surface area contributed by atoms with Gasteiger partial charge in [0.15, 0.2) is 0 Å². The number of carbonyl (C=O) groups is 1. The Balaban J connectivity index is 2.22. The molecule has 0 bridgehead atoms. The summed E-state index contributed by atoms with van der Waals surface area (Å²) in [5.41, 5.74) is -0.156. The molecule has 1 aromatic rings. The third-order valence-corrected chi connectivity index (χ3v) is 3.14. The fraction of sp³-hybridized carbons (Fsp3) is 0.455. The van der Waals surface area contributed by atoms with Gasteiger partial charge in [0.05, 0.1) is 10.5 Å². The van der Waals surface area contributed by atoms with E-state index in [0.717, 1.165) is 19.0 Å². The molecule has 6 nitrogen and oxygen atoms in total. The third-order valence-electron chi connectivity index (χ3n) is 2.84. The lowest BCUT2D eigenvalue weighted by molar-refractivity contribution is -0.385. The minimum atomic E-state index is -0.596. The van der Waals surface area contributed by atoms with Crippen molar-refractivity contribution in [2.24, 2.45) is 5.92 Å². The maximum absolute atomic E-state index is 12.1. The topological polar surface area (TPSA) is 76.3 Å². The van der Waals surface area contributed by atoms with Crippen molar-refractivity contribution >= 4 is 23.2 Å². The first-order valence-corrected chi connectivity index (χ1v) is 5.92. The number of aromatic nitrogens is 1. The number of nitro groups is 1. The first kappa shape index (κ1) is 12.8. The molecule has 0 spiro atoms. The summed E-state index contributed by atoms with van der Waals surface area (Å²) in [4.78, 5) is 27.3. The minimum Gasteiger partial charge on any atom is -0.341 e. The molecule has 1 heterocycles. The molecule has 2 rings (SSSR count). The third kappa shape index (κ3) is 2.76. The van der Waals surface area contributed by atoms with E-state index < -0.39 is 4.92 Å². The second-order valence-corrected chi connectivity index (χ2v) is 4.78. The molecule has 96 valence electrons. The zero-order valence-electron chi connectivity index (χ0n) is 9.80. The maximum Gasteiger partial charge on any atom is 0.288 e. The second-order valence-electron chi connectivity index (χ2n) is 4.42. The van der Waals surface area contributed by atoms with E-state index in [1.165, 1.54) is 11.0 Å². The number of rotatable bonds is 4. The Bertz CT molecular complexity index is 502. The maximum atomic E-state index is 12.1. The molecule has 1 aliphatic carbocycles. The van der Waals surface area contributed by atoms with Crippen molar-refractivity contribution in [2.75, 3.05) is 13.6 Å². The summed E-state index contributed by atoms with van der Waals surface area (Å²) < 4.78 is 0. The first-order valence-electron chi connectivity index (χ1n) is 5.54. The molecule has 0 unspecified atom stereocenters. The molecule has 0 radical (unpaired) electrons. The highest BCUT2D eigenvalue weighted by molar-refractivity contribution is 6.32. The van der Waals surface area contributed by atoms with E-state index in [4.69, 9.17) is 11.6 Å². The fourth-order valence-electron chi connectivity index (χ4n) is 1.66. The number of halogens is 1. The van der Waals surface area contributed by atoms with Gasteiger partial charge in [0.25, 0.3) is 11.6 Å². The number of carbonyl (C=O) groups excluding carboxylic acids is 1. The molecule has 0 aromatic carbocycles. The van der Waals surface area contributed by atoms with Gasteiger partial charge >= 0.3 is 0 Å². The predicted molar refractivity (Wildman–Crippen MR) is 65.6 cm³/mol. The van der Waals surface area contributed by atoms with Gasteiger partial charge < -0.3 is 4.90 Å². The van der Waals surface area contributed by atoms with Crippen molar-refractivity contribution in [1.82, 2.24) is 9.88 Å². The lowest BCUT2D eigenvalue weighted by Gasteiger charge is -2.16. The molecule has 1 aliphatic rings. The van der Waals surface area contributed by atoms with E-state index in [-0.39, 0.29) is 22.3 Å². The summed E-state index contributed by atoms with van der Waals surface area (Å²) in [7, 11) is 1.66. The van der Waals surface area contributed by atoms with E-state index in [0.29, 0.717) is 12.5 Å². The van der Waals surface area contributed by atoms with Crippen LogP contribution in [0, 0.1) is 16.0 Å². The summed E-state index contributed by atoms with van der Waals surface area (Å²) in [5, 5.41) is 10.6. The van der Waals surface area contributed by atoms with Crippen LogP contribution in [0.1, 0.15) is 23.2 Å². The summed E-state index contributed by atoms with van der Waals surface area (Å²) in [6, 6.07) is 1.17. The average Bonchev–Trinajstić information content (AvgIpc) is 3.12. The molecule has 1 amide bonds. The van der Waals surface area contributed by atoms with Gasteiger partial charge in [-0.15, -0.1) is 0 Å². The highest BCUT2D eigenvalue weighted by Crippen LogP contribution is 2.30. The fourth-order valence-corrected chi connectivity index (χ4v) is 1.85. The summed E-state index contributed by atoms with van der Waals surface area (Å²) >= 11 is 5.81. The van der Waals surface area contributed by atoms with Gasteiger partial charge in [0.2, 0.25) is 0 Å². The van der Waals surface area contributed by atoms with Crippen LogP contribution in [-0.4, -0.2) is 34.3 Å². The molecule has 18 heavy (non-hydrogen) atoms. The number of amides is 1. The largest absolute Gasteiger partial charge is 0.341 e. The second kappa shape index (κ2) is 4.89. The Hall–Kier alpha value is -1.69. The van der Waals surface area contributed by atoms with Crippen LogP contribution < -0.4 is 0 Å². The molecular weight excluding hydrogens is 258 g/mol. The zero-order valence-corrected chi connectivity index (χ0v) is 10.6. The van der Waals surface area contributed by atoms with E-state index >= 15 is 0 Å². The van der Waals surface area contributed by atoms with Gasteiger partial charge in [0, 0.05) is 19.7 Å².